The van der Waals surface area contributed by atoms with Gasteiger partial charge in [-0.3, -0.25) is 0 Å². The molecule has 0 atom stereocenters. The van der Waals surface area contributed by atoms with Crippen LogP contribution in [0.5, 0.6) is 0 Å². The normalized spacial score (nSPS) is 10.8. The highest BCUT2D eigenvalue weighted by molar-refractivity contribution is 9.10. The summed E-state index contributed by atoms with van der Waals surface area (Å²) in [6.07, 6.45) is 1.74. The third-order valence-electron chi connectivity index (χ3n) is 2.07. The number of nitrogens with zero attached hydrogens (tertiary/aromatic N) is 2. The van der Waals surface area contributed by atoms with Crippen LogP contribution in [0.25, 0.3) is 5.52 Å². The fourth-order valence-electron chi connectivity index (χ4n) is 1.45. The Hall–Kier alpha value is -1.40. The maximum absolute atomic E-state index is 11.0. The van der Waals surface area contributed by atoms with Crippen LogP contribution in [0.1, 0.15) is 16.3 Å². The number of nitrogens with two attached hydrogens (primary N) is 1. The summed E-state index contributed by atoms with van der Waals surface area (Å²) in [6, 6.07) is 3.56. The average Bonchev–Trinajstić information content (AvgIpc) is 2.58. The molecule has 2 rings (SSSR count). The smallest absolute Gasteiger partial charge is 0.356 e. The Morgan fingerprint density at radius 1 is 1.67 bits per heavy atom. The molecule has 0 saturated carbocycles. The summed E-state index contributed by atoms with van der Waals surface area (Å²) in [4.78, 5) is 14.9. The molecule has 5 nitrogen and oxygen atoms in total. The molecule has 15 heavy (non-hydrogen) atoms. The first-order valence-corrected chi connectivity index (χ1v) is 5.03. The van der Waals surface area contributed by atoms with Crippen LogP contribution in [-0.2, 0) is 6.54 Å². The summed E-state index contributed by atoms with van der Waals surface area (Å²) in [5.41, 5.74) is 6.04. The fraction of sp³-hybridized carbons (Fsp3) is 0.111. The van der Waals surface area contributed by atoms with Crippen molar-refractivity contribution in [2.45, 2.75) is 6.54 Å². The van der Waals surface area contributed by atoms with Crippen molar-refractivity contribution in [1.29, 1.82) is 0 Å². The molecule has 2 heterocycles. The maximum Gasteiger partial charge on any atom is 0.356 e. The third kappa shape index (κ3) is 1.51. The monoisotopic (exact) mass is 269 g/mol. The zero-order valence-corrected chi connectivity index (χ0v) is 9.23. The van der Waals surface area contributed by atoms with E-state index in [0.29, 0.717) is 15.8 Å². The zero-order chi connectivity index (χ0) is 11.0. The number of carboxylic acid groups (broad SMARTS) is 1. The number of carboxylic acids is 1. The molecule has 0 aliphatic rings. The number of imidazole rings is 1. The van der Waals surface area contributed by atoms with Crippen molar-refractivity contribution in [1.82, 2.24) is 9.38 Å². The number of aromatic nitrogens is 2. The molecule has 0 spiro atoms. The first kappa shape index (κ1) is 10.1. The predicted molar refractivity (Wildman–Crippen MR) is 57.7 cm³/mol. The van der Waals surface area contributed by atoms with Crippen molar-refractivity contribution in [3.63, 3.8) is 0 Å². The van der Waals surface area contributed by atoms with E-state index in [-0.39, 0.29) is 12.2 Å². The number of hydrogen-bond donors (Lipinski definition) is 2. The van der Waals surface area contributed by atoms with Crippen molar-refractivity contribution in [2.75, 3.05) is 0 Å². The maximum atomic E-state index is 11.0. The van der Waals surface area contributed by atoms with Gasteiger partial charge in [0.1, 0.15) is 5.82 Å². The van der Waals surface area contributed by atoms with Crippen molar-refractivity contribution in [2.24, 2.45) is 5.73 Å². The Labute approximate surface area is 93.7 Å². The second-order valence-electron chi connectivity index (χ2n) is 2.96. The first-order valence-electron chi connectivity index (χ1n) is 4.24. The van der Waals surface area contributed by atoms with Gasteiger partial charge in [0.2, 0.25) is 0 Å². The van der Waals surface area contributed by atoms with Crippen LogP contribution in [0.2, 0.25) is 0 Å². The van der Waals surface area contributed by atoms with Gasteiger partial charge in [0.25, 0.3) is 0 Å². The van der Waals surface area contributed by atoms with E-state index in [1.807, 2.05) is 0 Å². The van der Waals surface area contributed by atoms with Gasteiger partial charge in [0.05, 0.1) is 12.1 Å². The molecule has 0 bridgehead atoms. The minimum absolute atomic E-state index is 0.0166. The van der Waals surface area contributed by atoms with Crippen LogP contribution < -0.4 is 5.73 Å². The lowest BCUT2D eigenvalue weighted by Crippen LogP contribution is -2.02. The van der Waals surface area contributed by atoms with Crippen molar-refractivity contribution < 1.29 is 9.90 Å². The lowest BCUT2D eigenvalue weighted by Gasteiger charge is -1.99. The van der Waals surface area contributed by atoms with Crippen LogP contribution in [-0.4, -0.2) is 20.5 Å². The minimum Gasteiger partial charge on any atom is -0.476 e. The Bertz CT molecular complexity index is 535. The molecule has 0 saturated heterocycles. The predicted octanol–water partition coefficient (Wildman–Crippen LogP) is 1.25. The van der Waals surface area contributed by atoms with Gasteiger partial charge in [0.15, 0.2) is 5.69 Å². The molecule has 6 heteroatoms. The van der Waals surface area contributed by atoms with Crippen LogP contribution in [0.15, 0.2) is 22.8 Å². The van der Waals surface area contributed by atoms with Crippen LogP contribution in [0.3, 0.4) is 0 Å². The summed E-state index contributed by atoms with van der Waals surface area (Å²) in [5, 5.41) is 8.98. The second-order valence-corrected chi connectivity index (χ2v) is 3.81. The highest BCUT2D eigenvalue weighted by Crippen LogP contribution is 2.22. The molecule has 0 aliphatic heterocycles. The van der Waals surface area contributed by atoms with Crippen LogP contribution in [0.4, 0.5) is 0 Å². The molecule has 2 aromatic rings. The summed E-state index contributed by atoms with van der Waals surface area (Å²) in [5.74, 6) is -0.525. The Balaban J connectivity index is 2.88. The highest BCUT2D eigenvalue weighted by atomic mass is 79.9. The minimum atomic E-state index is -1.06. The van der Waals surface area contributed by atoms with Gasteiger partial charge < -0.3 is 15.2 Å². The van der Waals surface area contributed by atoms with Crippen molar-refractivity contribution in [3.05, 3.63) is 34.3 Å². The molecule has 0 radical (unpaired) electrons. The number of rotatable bonds is 2. The molecule has 0 amide bonds. The van der Waals surface area contributed by atoms with E-state index in [1.54, 1.807) is 22.7 Å². The van der Waals surface area contributed by atoms with Crippen LogP contribution in [0, 0.1) is 0 Å². The average molecular weight is 270 g/mol. The molecule has 0 unspecified atom stereocenters. The number of pyridine rings is 1. The second kappa shape index (κ2) is 3.63. The Morgan fingerprint density at radius 2 is 2.40 bits per heavy atom. The number of hydrogen-bond acceptors (Lipinski definition) is 3. The molecule has 3 N–H and O–H groups in total. The molecule has 0 aliphatic carbocycles. The van der Waals surface area contributed by atoms with Gasteiger partial charge in [-0.05, 0) is 28.1 Å². The van der Waals surface area contributed by atoms with E-state index < -0.39 is 5.97 Å². The van der Waals surface area contributed by atoms with Gasteiger partial charge >= 0.3 is 5.97 Å². The lowest BCUT2D eigenvalue weighted by atomic mass is 10.3. The topological polar surface area (TPSA) is 80.6 Å². The van der Waals surface area contributed by atoms with E-state index in [4.69, 9.17) is 10.8 Å². The Kier molecular flexibility index (Phi) is 2.45. The van der Waals surface area contributed by atoms with Crippen molar-refractivity contribution >= 4 is 27.4 Å². The number of halogens is 1. The number of aromatic carboxylic acids is 1. The summed E-state index contributed by atoms with van der Waals surface area (Å²) in [7, 11) is 0. The molecule has 0 fully saturated rings. The molecular weight excluding hydrogens is 262 g/mol. The van der Waals surface area contributed by atoms with E-state index in [1.165, 1.54) is 0 Å². The zero-order valence-electron chi connectivity index (χ0n) is 7.64. The SMILES string of the molecule is NCc1nc(C(=O)O)c2c(Br)cccn12. The fourth-order valence-corrected chi connectivity index (χ4v) is 1.98. The summed E-state index contributed by atoms with van der Waals surface area (Å²) >= 11 is 3.29. The van der Waals surface area contributed by atoms with Crippen LogP contribution >= 0.6 is 15.9 Å². The van der Waals surface area contributed by atoms with E-state index in [2.05, 4.69) is 20.9 Å². The largest absolute Gasteiger partial charge is 0.476 e. The molecule has 0 aromatic carbocycles. The molecular formula is C9H8BrN3O2. The quantitative estimate of drug-likeness (QED) is 0.860. The van der Waals surface area contributed by atoms with E-state index >= 15 is 0 Å². The van der Waals surface area contributed by atoms with Gasteiger partial charge in [0, 0.05) is 10.7 Å². The van der Waals surface area contributed by atoms with Crippen molar-refractivity contribution in [3.8, 4) is 0 Å². The summed E-state index contributed by atoms with van der Waals surface area (Å²) < 4.78 is 2.36. The van der Waals surface area contributed by atoms with E-state index in [9.17, 15) is 4.79 Å². The van der Waals surface area contributed by atoms with E-state index in [0.717, 1.165) is 0 Å². The van der Waals surface area contributed by atoms with Gasteiger partial charge in [-0.25, -0.2) is 9.78 Å². The standard InChI is InChI=1S/C9H8BrN3O2/c10-5-2-1-3-13-6(4-11)12-7(8(5)13)9(14)15/h1-3H,4,11H2,(H,14,15). The van der Waals surface area contributed by atoms with Gasteiger partial charge in [-0.1, -0.05) is 0 Å². The summed E-state index contributed by atoms with van der Waals surface area (Å²) in [6.45, 7) is 0.199. The van der Waals surface area contributed by atoms with Gasteiger partial charge in [-0.2, -0.15) is 0 Å². The third-order valence-corrected chi connectivity index (χ3v) is 2.71. The highest BCUT2D eigenvalue weighted by Gasteiger charge is 2.17. The number of carbonyl (C=O) groups is 1. The first-order chi connectivity index (χ1) is 7.15. The molecule has 2 aromatic heterocycles. The lowest BCUT2D eigenvalue weighted by molar-refractivity contribution is 0.0693. The Morgan fingerprint density at radius 3 is 3.00 bits per heavy atom. The molecule has 78 valence electrons. The van der Waals surface area contributed by atoms with Gasteiger partial charge in [-0.15, -0.1) is 0 Å². The number of fused-ring (bicyclic) bond motifs is 1.